The highest BCUT2D eigenvalue weighted by atomic mass is 16.5. The molecule has 0 aliphatic heterocycles. The van der Waals surface area contributed by atoms with Crippen LogP contribution in [0.15, 0.2) is 51.7 Å². The van der Waals surface area contributed by atoms with Gasteiger partial charge in [-0.25, -0.2) is 4.99 Å². The number of benzene rings is 1. The first-order valence-electron chi connectivity index (χ1n) is 12.2. The predicted octanol–water partition coefficient (Wildman–Crippen LogP) is 3.33. The van der Waals surface area contributed by atoms with Crippen molar-refractivity contribution >= 4 is 47.6 Å². The fourth-order valence-corrected chi connectivity index (χ4v) is 3.11. The van der Waals surface area contributed by atoms with Crippen molar-refractivity contribution in [2.75, 3.05) is 70.6 Å². The Morgan fingerprint density at radius 1 is 1.16 bits per heavy atom. The zero-order valence-corrected chi connectivity index (χ0v) is 23.9. The molecule has 2 N–H and O–H groups in total. The number of hydrogen-bond donors (Lipinski definition) is 2. The second kappa shape index (κ2) is 16.0. The van der Waals surface area contributed by atoms with E-state index in [1.165, 1.54) is 17.2 Å². The summed E-state index contributed by atoms with van der Waals surface area (Å²) in [6, 6.07) is 3.63. The third-order valence-corrected chi connectivity index (χ3v) is 5.62. The molecule has 0 bridgehead atoms. The minimum Gasteiger partial charge on any atom is -0.495 e. The Labute approximate surface area is 226 Å². The van der Waals surface area contributed by atoms with Crippen LogP contribution in [0, 0.1) is 5.92 Å². The van der Waals surface area contributed by atoms with Crippen molar-refractivity contribution in [3.8, 4) is 5.75 Å². The first kappa shape index (κ1) is 32.0. The van der Waals surface area contributed by atoms with Gasteiger partial charge in [0.2, 0.25) is 12.3 Å². The van der Waals surface area contributed by atoms with E-state index in [2.05, 4.69) is 43.8 Å². The average Bonchev–Trinajstić information content (AvgIpc) is 2.88. The molecule has 0 unspecified atom stereocenters. The van der Waals surface area contributed by atoms with E-state index in [-0.39, 0.29) is 18.5 Å². The van der Waals surface area contributed by atoms with E-state index in [0.717, 1.165) is 24.5 Å². The summed E-state index contributed by atoms with van der Waals surface area (Å²) in [6.07, 6.45) is 3.33. The number of aliphatic imine (C=N–C) groups is 3. The Kier molecular flexibility index (Phi) is 13.5. The number of nitrogens with zero attached hydrogens (tertiary/aromatic N) is 6. The molecule has 0 radical (unpaired) electrons. The zero-order chi connectivity index (χ0) is 28.8. The molecule has 1 aromatic rings. The zero-order valence-electron chi connectivity index (χ0n) is 23.9. The predicted molar refractivity (Wildman–Crippen MR) is 159 cm³/mol. The highest BCUT2D eigenvalue weighted by Crippen LogP contribution is 2.36. The van der Waals surface area contributed by atoms with Crippen molar-refractivity contribution in [2.24, 2.45) is 20.9 Å². The highest BCUT2D eigenvalue weighted by molar-refractivity contribution is 6.05. The largest absolute Gasteiger partial charge is 0.495 e. The van der Waals surface area contributed by atoms with Gasteiger partial charge in [-0.15, -0.1) is 0 Å². The highest BCUT2D eigenvalue weighted by Gasteiger charge is 2.17. The second-order valence-electron chi connectivity index (χ2n) is 9.13. The van der Waals surface area contributed by atoms with Crippen molar-refractivity contribution in [1.29, 1.82) is 0 Å². The maximum atomic E-state index is 12.2. The van der Waals surface area contributed by atoms with Crippen LogP contribution in [0.5, 0.6) is 5.75 Å². The van der Waals surface area contributed by atoms with Crippen molar-refractivity contribution in [3.63, 3.8) is 0 Å². The number of hydrogen-bond acceptors (Lipinski definition) is 9. The Balaban J connectivity index is 3.45. The van der Waals surface area contributed by atoms with Gasteiger partial charge in [-0.05, 0) is 45.8 Å². The first-order chi connectivity index (χ1) is 18.0. The third-order valence-electron chi connectivity index (χ3n) is 5.62. The van der Waals surface area contributed by atoms with Gasteiger partial charge in [-0.3, -0.25) is 19.6 Å². The van der Waals surface area contributed by atoms with Crippen molar-refractivity contribution in [2.45, 2.75) is 20.8 Å². The van der Waals surface area contributed by atoms with E-state index in [0.29, 0.717) is 35.1 Å². The number of carbonyl (C=O) groups is 2. The molecule has 0 spiro atoms. The van der Waals surface area contributed by atoms with Gasteiger partial charge in [0, 0.05) is 39.0 Å². The van der Waals surface area contributed by atoms with Crippen molar-refractivity contribution in [3.05, 3.63) is 36.7 Å². The van der Waals surface area contributed by atoms with Gasteiger partial charge in [0.25, 0.3) is 0 Å². The van der Waals surface area contributed by atoms with E-state index in [1.807, 2.05) is 52.9 Å². The van der Waals surface area contributed by atoms with E-state index in [4.69, 9.17) is 4.74 Å². The van der Waals surface area contributed by atoms with Crippen molar-refractivity contribution in [1.82, 2.24) is 9.80 Å². The van der Waals surface area contributed by atoms with E-state index in [9.17, 15) is 9.59 Å². The molecule has 0 atom stereocenters. The van der Waals surface area contributed by atoms with Gasteiger partial charge < -0.3 is 30.1 Å². The maximum absolute atomic E-state index is 12.2. The molecule has 0 saturated heterocycles. The van der Waals surface area contributed by atoms with Gasteiger partial charge in [0.05, 0.1) is 30.4 Å². The van der Waals surface area contributed by atoms with Crippen LogP contribution >= 0.6 is 0 Å². The van der Waals surface area contributed by atoms with E-state index >= 15 is 0 Å². The van der Waals surface area contributed by atoms with Gasteiger partial charge in [0.1, 0.15) is 18.1 Å². The molecule has 38 heavy (non-hydrogen) atoms. The number of carbonyl (C=O) groups excluding carboxylic acids is 2. The Bertz CT molecular complexity index is 1080. The van der Waals surface area contributed by atoms with Gasteiger partial charge in [-0.2, -0.15) is 0 Å². The number of rotatable bonds is 15. The SMILES string of the molecule is C=CC(=O)Nc1cc(NC\N=C(C(=C\N=C)/N=C(\C)C(C)C)\N(C)C=O)c(OC)cc1N(C)CCN(C)C. The third kappa shape index (κ3) is 9.81. The molecule has 1 aromatic carbocycles. The molecule has 208 valence electrons. The number of likely N-dealkylation sites (N-methyl/N-ethyl adjacent to an activating group) is 3. The average molecular weight is 527 g/mol. The van der Waals surface area contributed by atoms with Crippen LogP contribution in [-0.2, 0) is 9.59 Å². The van der Waals surface area contributed by atoms with Crippen LogP contribution in [0.3, 0.4) is 0 Å². The summed E-state index contributed by atoms with van der Waals surface area (Å²) in [5.41, 5.74) is 3.24. The Morgan fingerprint density at radius 2 is 1.84 bits per heavy atom. The molecule has 0 heterocycles. The lowest BCUT2D eigenvalue weighted by atomic mass is 10.1. The summed E-state index contributed by atoms with van der Waals surface area (Å²) in [5, 5.41) is 6.08. The second-order valence-corrected chi connectivity index (χ2v) is 9.13. The molecule has 0 aromatic heterocycles. The summed E-state index contributed by atoms with van der Waals surface area (Å²) in [7, 11) is 9.10. The summed E-state index contributed by atoms with van der Waals surface area (Å²) >= 11 is 0. The van der Waals surface area contributed by atoms with Crippen LogP contribution in [0.2, 0.25) is 0 Å². The molecule has 11 heteroatoms. The standard InChI is InChI=1S/C27H42N8O3/c1-11-26(37)32-21-14-22(25(38-10)15-24(21)34(8)13-12-33(6)7)29-17-30-27(35(9)18-36)23(16-28-5)31-20(4)19(2)3/h11,14-16,18-19,29H,1,5,12-13,17H2,2-4,6-10H3,(H,32,37)/b23-16+,30-27+,31-20+. The fraction of sp³-hybridized carbons (Fsp3) is 0.444. The summed E-state index contributed by atoms with van der Waals surface area (Å²) in [5.74, 6) is 0.749. The quantitative estimate of drug-likeness (QED) is 0.157. The van der Waals surface area contributed by atoms with E-state index < -0.39 is 0 Å². The topological polar surface area (TPSA) is 114 Å². The lowest BCUT2D eigenvalue weighted by Gasteiger charge is -2.26. The first-order valence-corrected chi connectivity index (χ1v) is 12.2. The maximum Gasteiger partial charge on any atom is 0.247 e. The van der Waals surface area contributed by atoms with Crippen LogP contribution < -0.4 is 20.3 Å². The Hall–Kier alpha value is -3.99. The molecule has 0 aliphatic carbocycles. The van der Waals surface area contributed by atoms with Gasteiger partial charge >= 0.3 is 0 Å². The smallest absolute Gasteiger partial charge is 0.247 e. The summed E-state index contributed by atoms with van der Waals surface area (Å²) in [4.78, 5) is 42.2. The molecule has 0 aliphatic rings. The number of anilines is 3. The number of ether oxygens (including phenoxy) is 1. The van der Waals surface area contributed by atoms with Gasteiger partial charge in [0.15, 0.2) is 5.84 Å². The lowest BCUT2D eigenvalue weighted by molar-refractivity contribution is -0.114. The summed E-state index contributed by atoms with van der Waals surface area (Å²) < 4.78 is 5.64. The number of methoxy groups -OCH3 is 1. The summed E-state index contributed by atoms with van der Waals surface area (Å²) in [6.45, 7) is 14.7. The molecule has 11 nitrogen and oxygen atoms in total. The van der Waals surface area contributed by atoms with Crippen LogP contribution in [0.25, 0.3) is 0 Å². The molecule has 2 amide bonds. The number of amides is 2. The lowest BCUT2D eigenvalue weighted by Crippen LogP contribution is -2.29. The minimum atomic E-state index is -0.332. The minimum absolute atomic E-state index is 0.0826. The molecule has 0 fully saturated rings. The number of nitrogens with one attached hydrogen (secondary N) is 2. The number of amidine groups is 1. The molecule has 0 saturated carbocycles. The molecule has 1 rings (SSSR count). The van der Waals surface area contributed by atoms with Crippen LogP contribution in [-0.4, -0.2) is 95.4 Å². The van der Waals surface area contributed by atoms with Crippen LogP contribution in [0.1, 0.15) is 20.8 Å². The molecular weight excluding hydrogens is 484 g/mol. The fourth-order valence-electron chi connectivity index (χ4n) is 3.11. The van der Waals surface area contributed by atoms with Gasteiger partial charge in [-0.1, -0.05) is 20.4 Å². The van der Waals surface area contributed by atoms with Crippen molar-refractivity contribution < 1.29 is 14.3 Å². The Morgan fingerprint density at radius 3 is 2.37 bits per heavy atom. The molecular formula is C27H42N8O3. The van der Waals surface area contributed by atoms with Crippen LogP contribution in [0.4, 0.5) is 17.1 Å². The monoisotopic (exact) mass is 526 g/mol. The van der Waals surface area contributed by atoms with E-state index in [1.54, 1.807) is 20.2 Å². The normalized spacial score (nSPS) is 12.3.